The topological polar surface area (TPSA) is 78.9 Å². The largest absolute Gasteiger partial charge is 0.462 e. The van der Waals surface area contributed by atoms with Crippen molar-refractivity contribution in [1.29, 1.82) is 0 Å². The second kappa shape index (κ2) is 51.2. The van der Waals surface area contributed by atoms with Gasteiger partial charge in [-0.15, -0.1) is 0 Å². The van der Waals surface area contributed by atoms with E-state index in [4.69, 9.17) is 14.2 Å². The van der Waals surface area contributed by atoms with Crippen LogP contribution in [-0.2, 0) is 28.6 Å². The number of rotatable bonds is 46. The third kappa shape index (κ3) is 49.5. The molecular formula is C57H96O6. The number of ether oxygens (including phenoxy) is 3. The zero-order chi connectivity index (χ0) is 45.8. The van der Waals surface area contributed by atoms with E-state index in [1.54, 1.807) is 0 Å². The van der Waals surface area contributed by atoms with Crippen LogP contribution in [0.25, 0.3) is 0 Å². The van der Waals surface area contributed by atoms with Crippen molar-refractivity contribution in [1.82, 2.24) is 0 Å². The standard InChI is InChI=1S/C57H96O6/c1-4-7-10-13-16-19-22-25-28-31-34-37-40-43-46-49-55(58)61-52-54(63-57(60)51-48-45-42-39-36-33-30-27-24-21-18-15-12-9-6-3)53-62-56(59)50-47-44-41-38-35-32-29-26-23-20-17-14-11-8-5-2/h7,10,13,16,18-25,27-28,54H,4-6,8-9,11-12,14-15,17,26,29-53H2,1-3H3/b10-7-,16-13-,21-18-,22-19-,23-20-,27-24-,28-25-. The van der Waals surface area contributed by atoms with Gasteiger partial charge in [0, 0.05) is 19.3 Å². The molecule has 0 aliphatic carbocycles. The van der Waals surface area contributed by atoms with E-state index in [9.17, 15) is 14.4 Å². The predicted molar refractivity (Wildman–Crippen MR) is 270 cm³/mol. The van der Waals surface area contributed by atoms with Crippen LogP contribution in [-0.4, -0.2) is 37.2 Å². The van der Waals surface area contributed by atoms with Crippen LogP contribution in [0.1, 0.15) is 239 Å². The molecule has 0 aliphatic heterocycles. The third-order valence-corrected chi connectivity index (χ3v) is 11.0. The Bertz CT molecular complexity index is 1240. The monoisotopic (exact) mass is 877 g/mol. The summed E-state index contributed by atoms with van der Waals surface area (Å²) in [6, 6.07) is 0. The fourth-order valence-electron chi connectivity index (χ4n) is 7.03. The lowest BCUT2D eigenvalue weighted by Crippen LogP contribution is -2.30. The van der Waals surface area contributed by atoms with Crippen molar-refractivity contribution in [3.8, 4) is 0 Å². The second-order valence-electron chi connectivity index (χ2n) is 17.2. The van der Waals surface area contributed by atoms with Crippen LogP contribution in [0.3, 0.4) is 0 Å². The summed E-state index contributed by atoms with van der Waals surface area (Å²) in [6.45, 7) is 6.42. The van der Waals surface area contributed by atoms with Crippen molar-refractivity contribution in [2.75, 3.05) is 13.2 Å². The molecular weight excluding hydrogens is 781 g/mol. The van der Waals surface area contributed by atoms with Gasteiger partial charge in [0.05, 0.1) is 0 Å². The summed E-state index contributed by atoms with van der Waals surface area (Å²) in [5.74, 6) is -0.932. The average molecular weight is 877 g/mol. The van der Waals surface area contributed by atoms with E-state index in [2.05, 4.69) is 87.6 Å². The van der Waals surface area contributed by atoms with Gasteiger partial charge in [-0.1, -0.05) is 215 Å². The molecule has 1 unspecified atom stereocenters. The summed E-state index contributed by atoms with van der Waals surface area (Å²) in [6.07, 6.45) is 65.6. The molecule has 0 aliphatic rings. The Morgan fingerprint density at radius 3 is 1.06 bits per heavy atom. The van der Waals surface area contributed by atoms with Gasteiger partial charge >= 0.3 is 17.9 Å². The van der Waals surface area contributed by atoms with Crippen LogP contribution in [0.2, 0.25) is 0 Å². The van der Waals surface area contributed by atoms with Crippen LogP contribution < -0.4 is 0 Å². The molecule has 0 bridgehead atoms. The van der Waals surface area contributed by atoms with Crippen molar-refractivity contribution in [2.45, 2.75) is 245 Å². The second-order valence-corrected chi connectivity index (χ2v) is 17.2. The summed E-state index contributed by atoms with van der Waals surface area (Å²) in [7, 11) is 0. The van der Waals surface area contributed by atoms with Crippen LogP contribution >= 0.6 is 0 Å². The van der Waals surface area contributed by atoms with Gasteiger partial charge in [0.1, 0.15) is 13.2 Å². The molecule has 360 valence electrons. The van der Waals surface area contributed by atoms with Gasteiger partial charge in [-0.05, 0) is 89.9 Å². The molecule has 63 heavy (non-hydrogen) atoms. The molecule has 0 amide bonds. The molecule has 0 spiro atoms. The Kier molecular flexibility index (Phi) is 48.5. The quantitative estimate of drug-likeness (QED) is 0.0199. The number of esters is 3. The zero-order valence-electron chi connectivity index (χ0n) is 41.1. The first-order chi connectivity index (χ1) is 31.0. The maximum absolute atomic E-state index is 12.8. The zero-order valence-corrected chi connectivity index (χ0v) is 41.1. The van der Waals surface area contributed by atoms with Gasteiger partial charge in [0.15, 0.2) is 6.10 Å². The minimum atomic E-state index is -0.794. The van der Waals surface area contributed by atoms with Crippen LogP contribution in [0.4, 0.5) is 0 Å². The lowest BCUT2D eigenvalue weighted by atomic mass is 10.1. The van der Waals surface area contributed by atoms with Crippen LogP contribution in [0.5, 0.6) is 0 Å². The smallest absolute Gasteiger partial charge is 0.306 e. The van der Waals surface area contributed by atoms with Gasteiger partial charge in [0.25, 0.3) is 0 Å². The summed E-state index contributed by atoms with van der Waals surface area (Å²) in [5.41, 5.74) is 0. The molecule has 1 atom stereocenters. The Morgan fingerprint density at radius 2 is 0.635 bits per heavy atom. The van der Waals surface area contributed by atoms with Crippen molar-refractivity contribution >= 4 is 17.9 Å². The first-order valence-corrected chi connectivity index (χ1v) is 26.2. The maximum Gasteiger partial charge on any atom is 0.306 e. The minimum Gasteiger partial charge on any atom is -0.462 e. The lowest BCUT2D eigenvalue weighted by Gasteiger charge is -2.18. The molecule has 0 rings (SSSR count). The fourth-order valence-corrected chi connectivity index (χ4v) is 7.03. The number of carbonyl (C=O) groups excluding carboxylic acids is 3. The SMILES string of the molecule is CC\C=C/C=C\C=C/C=C\CCCCCCCC(=O)OCC(COC(=O)CCCCCCCCC/C=C\CCCCCC)OC(=O)CCCCCCCC/C=C\C=C/CCCCC. The molecule has 0 aromatic heterocycles. The van der Waals surface area contributed by atoms with Crippen molar-refractivity contribution in [2.24, 2.45) is 0 Å². The van der Waals surface area contributed by atoms with E-state index in [-0.39, 0.29) is 31.1 Å². The van der Waals surface area contributed by atoms with Crippen molar-refractivity contribution in [3.05, 3.63) is 85.1 Å². The highest BCUT2D eigenvalue weighted by Crippen LogP contribution is 2.14. The lowest BCUT2D eigenvalue weighted by molar-refractivity contribution is -0.167. The van der Waals surface area contributed by atoms with Gasteiger partial charge in [0.2, 0.25) is 0 Å². The van der Waals surface area contributed by atoms with Crippen molar-refractivity contribution < 1.29 is 28.6 Å². The van der Waals surface area contributed by atoms with Gasteiger partial charge in [-0.3, -0.25) is 14.4 Å². The van der Waals surface area contributed by atoms with Crippen LogP contribution in [0.15, 0.2) is 85.1 Å². The summed E-state index contributed by atoms with van der Waals surface area (Å²) in [4.78, 5) is 38.0. The number of hydrogen-bond acceptors (Lipinski definition) is 6. The molecule has 0 N–H and O–H groups in total. The van der Waals surface area contributed by atoms with Gasteiger partial charge in [-0.25, -0.2) is 0 Å². The molecule has 0 heterocycles. The Labute approximate surface area is 388 Å². The van der Waals surface area contributed by atoms with E-state index in [0.29, 0.717) is 19.3 Å². The molecule has 0 radical (unpaired) electrons. The first kappa shape index (κ1) is 59.6. The fraction of sp³-hybridized carbons (Fsp3) is 0.702. The highest BCUT2D eigenvalue weighted by molar-refractivity contribution is 5.71. The van der Waals surface area contributed by atoms with E-state index >= 15 is 0 Å². The third-order valence-electron chi connectivity index (χ3n) is 11.0. The number of allylic oxidation sites excluding steroid dienone is 14. The summed E-state index contributed by atoms with van der Waals surface area (Å²) >= 11 is 0. The molecule has 0 saturated carbocycles. The highest BCUT2D eigenvalue weighted by Gasteiger charge is 2.19. The maximum atomic E-state index is 12.8. The molecule has 0 aromatic rings. The van der Waals surface area contributed by atoms with E-state index < -0.39 is 6.10 Å². The Morgan fingerprint density at radius 1 is 0.333 bits per heavy atom. The first-order valence-electron chi connectivity index (χ1n) is 26.2. The predicted octanol–water partition coefficient (Wildman–Crippen LogP) is 17.2. The number of carbonyl (C=O) groups is 3. The molecule has 0 aromatic carbocycles. The molecule has 0 saturated heterocycles. The number of unbranched alkanes of at least 4 members (excludes halogenated alkanes) is 25. The number of hydrogen-bond donors (Lipinski definition) is 0. The van der Waals surface area contributed by atoms with E-state index in [1.165, 1.54) is 103 Å². The van der Waals surface area contributed by atoms with Gasteiger partial charge < -0.3 is 14.2 Å². The summed E-state index contributed by atoms with van der Waals surface area (Å²) < 4.78 is 16.8. The van der Waals surface area contributed by atoms with E-state index in [0.717, 1.165) is 96.3 Å². The minimum absolute atomic E-state index is 0.0919. The molecule has 6 heteroatoms. The Balaban J connectivity index is 4.46. The average Bonchev–Trinajstić information content (AvgIpc) is 3.28. The Hall–Kier alpha value is -3.41. The summed E-state index contributed by atoms with van der Waals surface area (Å²) in [5, 5.41) is 0. The van der Waals surface area contributed by atoms with Gasteiger partial charge in [-0.2, -0.15) is 0 Å². The van der Waals surface area contributed by atoms with E-state index in [1.807, 2.05) is 18.2 Å². The molecule has 6 nitrogen and oxygen atoms in total. The normalized spacial score (nSPS) is 12.7. The van der Waals surface area contributed by atoms with Crippen LogP contribution in [0, 0.1) is 0 Å². The molecule has 0 fully saturated rings. The van der Waals surface area contributed by atoms with Crippen molar-refractivity contribution in [3.63, 3.8) is 0 Å². The highest BCUT2D eigenvalue weighted by atomic mass is 16.6.